The van der Waals surface area contributed by atoms with Crippen LogP contribution in [-0.4, -0.2) is 59.7 Å². The predicted octanol–water partition coefficient (Wildman–Crippen LogP) is -0.201. The van der Waals surface area contributed by atoms with Crippen molar-refractivity contribution in [1.29, 1.82) is 0 Å². The van der Waals surface area contributed by atoms with Crippen molar-refractivity contribution < 1.29 is 19.1 Å². The van der Waals surface area contributed by atoms with Gasteiger partial charge >= 0.3 is 5.97 Å². The summed E-state index contributed by atoms with van der Waals surface area (Å²) in [6, 6.07) is -0.727. The highest BCUT2D eigenvalue weighted by atomic mass is 16.5. The number of carbonyl (C=O) groups excluding carboxylic acids is 2. The Labute approximate surface area is 110 Å². The standard InChI is InChI=1S/C12H15N3O4/c1-8-5-14-9(6-13-8)11(16)15-3-4-19-7-10(15)12(17)18-2/h5-6,10H,3-4,7H2,1-2H3. The summed E-state index contributed by atoms with van der Waals surface area (Å²) in [5.74, 6) is -0.834. The van der Waals surface area contributed by atoms with Gasteiger partial charge in [0.15, 0.2) is 6.04 Å². The zero-order chi connectivity index (χ0) is 13.8. The van der Waals surface area contributed by atoms with E-state index in [2.05, 4.69) is 14.7 Å². The molecule has 19 heavy (non-hydrogen) atoms. The number of aromatic nitrogens is 2. The summed E-state index contributed by atoms with van der Waals surface area (Å²) in [6.07, 6.45) is 2.92. The van der Waals surface area contributed by atoms with Crippen molar-refractivity contribution in [3.63, 3.8) is 0 Å². The van der Waals surface area contributed by atoms with Gasteiger partial charge in [-0.2, -0.15) is 0 Å². The van der Waals surface area contributed by atoms with E-state index in [0.29, 0.717) is 13.2 Å². The van der Waals surface area contributed by atoms with E-state index in [-0.39, 0.29) is 18.2 Å². The molecule has 0 aromatic carbocycles. The highest BCUT2D eigenvalue weighted by Crippen LogP contribution is 2.12. The lowest BCUT2D eigenvalue weighted by Crippen LogP contribution is -2.53. The summed E-state index contributed by atoms with van der Waals surface area (Å²) in [4.78, 5) is 33.4. The molecule has 102 valence electrons. The average molecular weight is 265 g/mol. The molecule has 1 fully saturated rings. The van der Waals surface area contributed by atoms with Crippen LogP contribution in [0.1, 0.15) is 16.2 Å². The van der Waals surface area contributed by atoms with Gasteiger partial charge in [-0.05, 0) is 6.92 Å². The fraction of sp³-hybridized carbons (Fsp3) is 0.500. The van der Waals surface area contributed by atoms with Gasteiger partial charge in [-0.1, -0.05) is 0 Å². The van der Waals surface area contributed by atoms with E-state index < -0.39 is 12.0 Å². The first kappa shape index (κ1) is 13.4. The molecule has 0 aliphatic carbocycles. The van der Waals surface area contributed by atoms with Crippen LogP contribution in [0.25, 0.3) is 0 Å². The largest absolute Gasteiger partial charge is 0.467 e. The number of aryl methyl sites for hydroxylation is 1. The van der Waals surface area contributed by atoms with Crippen molar-refractivity contribution in [3.05, 3.63) is 23.8 Å². The van der Waals surface area contributed by atoms with Gasteiger partial charge in [0, 0.05) is 12.7 Å². The van der Waals surface area contributed by atoms with Crippen LogP contribution in [-0.2, 0) is 14.3 Å². The lowest BCUT2D eigenvalue weighted by atomic mass is 10.2. The lowest BCUT2D eigenvalue weighted by Gasteiger charge is -2.33. The van der Waals surface area contributed by atoms with Crippen molar-refractivity contribution in [3.8, 4) is 0 Å². The molecular formula is C12H15N3O4. The maximum Gasteiger partial charge on any atom is 0.331 e. The molecule has 1 aliphatic rings. The number of hydrogen-bond acceptors (Lipinski definition) is 6. The molecule has 0 radical (unpaired) electrons. The highest BCUT2D eigenvalue weighted by molar-refractivity contribution is 5.95. The van der Waals surface area contributed by atoms with Crippen molar-refractivity contribution in [2.24, 2.45) is 0 Å². The summed E-state index contributed by atoms with van der Waals surface area (Å²) in [5.41, 5.74) is 0.935. The van der Waals surface area contributed by atoms with E-state index in [0.717, 1.165) is 5.69 Å². The van der Waals surface area contributed by atoms with E-state index in [4.69, 9.17) is 4.74 Å². The Balaban J connectivity index is 2.20. The molecule has 2 rings (SSSR count). The number of nitrogens with zero attached hydrogens (tertiary/aromatic N) is 3. The minimum absolute atomic E-state index is 0.137. The number of rotatable bonds is 2. The SMILES string of the molecule is COC(=O)C1COCCN1C(=O)c1cnc(C)cn1. The molecule has 0 N–H and O–H groups in total. The van der Waals surface area contributed by atoms with E-state index in [1.165, 1.54) is 24.4 Å². The van der Waals surface area contributed by atoms with Gasteiger partial charge in [-0.3, -0.25) is 9.78 Å². The predicted molar refractivity (Wildman–Crippen MR) is 64.4 cm³/mol. The topological polar surface area (TPSA) is 81.6 Å². The Hall–Kier alpha value is -2.02. The zero-order valence-corrected chi connectivity index (χ0v) is 10.8. The van der Waals surface area contributed by atoms with Crippen LogP contribution in [0.5, 0.6) is 0 Å². The lowest BCUT2D eigenvalue weighted by molar-refractivity contribution is -0.151. The molecule has 1 amide bonds. The molecule has 2 heterocycles. The molecule has 1 atom stereocenters. The van der Waals surface area contributed by atoms with Crippen molar-refractivity contribution in [2.45, 2.75) is 13.0 Å². The molecule has 0 saturated carbocycles. The number of methoxy groups -OCH3 is 1. The Kier molecular flexibility index (Phi) is 4.06. The Morgan fingerprint density at radius 3 is 2.84 bits per heavy atom. The van der Waals surface area contributed by atoms with E-state index in [1.807, 2.05) is 0 Å². The summed E-state index contributed by atoms with van der Waals surface area (Å²) in [6.45, 7) is 2.64. The second-order valence-corrected chi connectivity index (χ2v) is 4.16. The van der Waals surface area contributed by atoms with Crippen molar-refractivity contribution in [1.82, 2.24) is 14.9 Å². The van der Waals surface area contributed by atoms with Crippen LogP contribution in [0.2, 0.25) is 0 Å². The first-order valence-electron chi connectivity index (χ1n) is 5.88. The first-order chi connectivity index (χ1) is 9.13. The molecule has 1 aromatic rings. The smallest absolute Gasteiger partial charge is 0.331 e. The van der Waals surface area contributed by atoms with Gasteiger partial charge in [-0.15, -0.1) is 0 Å². The highest BCUT2D eigenvalue weighted by Gasteiger charge is 2.34. The Bertz CT molecular complexity index is 474. The summed E-state index contributed by atoms with van der Waals surface area (Å²) >= 11 is 0. The fourth-order valence-corrected chi connectivity index (χ4v) is 1.83. The molecule has 7 heteroatoms. The maximum absolute atomic E-state index is 12.3. The van der Waals surface area contributed by atoms with Gasteiger partial charge in [-0.25, -0.2) is 9.78 Å². The van der Waals surface area contributed by atoms with Gasteiger partial charge in [0.25, 0.3) is 5.91 Å². The number of hydrogen-bond donors (Lipinski definition) is 0. The minimum atomic E-state index is -0.727. The molecule has 1 aromatic heterocycles. The van der Waals surface area contributed by atoms with Gasteiger partial charge in [0.05, 0.1) is 32.2 Å². The number of carbonyl (C=O) groups is 2. The van der Waals surface area contributed by atoms with E-state index in [9.17, 15) is 9.59 Å². The van der Waals surface area contributed by atoms with Crippen LogP contribution in [0.4, 0.5) is 0 Å². The molecule has 0 spiro atoms. The normalized spacial score (nSPS) is 19.1. The van der Waals surface area contributed by atoms with Gasteiger partial charge in [0.1, 0.15) is 5.69 Å². The molecule has 7 nitrogen and oxygen atoms in total. The molecule has 0 bridgehead atoms. The van der Waals surface area contributed by atoms with Crippen LogP contribution in [0.15, 0.2) is 12.4 Å². The monoisotopic (exact) mass is 265 g/mol. The van der Waals surface area contributed by atoms with Crippen LogP contribution in [0.3, 0.4) is 0 Å². The second kappa shape index (κ2) is 5.75. The number of morpholine rings is 1. The third-order valence-corrected chi connectivity index (χ3v) is 2.86. The summed E-state index contributed by atoms with van der Waals surface area (Å²) in [5, 5.41) is 0. The van der Waals surface area contributed by atoms with E-state index >= 15 is 0 Å². The Morgan fingerprint density at radius 2 is 2.21 bits per heavy atom. The Morgan fingerprint density at radius 1 is 1.42 bits per heavy atom. The van der Waals surface area contributed by atoms with Gasteiger partial charge in [0.2, 0.25) is 0 Å². The third-order valence-electron chi connectivity index (χ3n) is 2.86. The summed E-state index contributed by atoms with van der Waals surface area (Å²) in [7, 11) is 1.28. The molecule has 1 aliphatic heterocycles. The van der Waals surface area contributed by atoms with Crippen molar-refractivity contribution in [2.75, 3.05) is 26.9 Å². The third kappa shape index (κ3) is 2.87. The molecule has 1 saturated heterocycles. The number of ether oxygens (including phenoxy) is 2. The quantitative estimate of drug-likeness (QED) is 0.689. The van der Waals surface area contributed by atoms with Crippen LogP contribution >= 0.6 is 0 Å². The second-order valence-electron chi connectivity index (χ2n) is 4.16. The minimum Gasteiger partial charge on any atom is -0.467 e. The van der Waals surface area contributed by atoms with E-state index in [1.54, 1.807) is 6.92 Å². The number of amides is 1. The fourth-order valence-electron chi connectivity index (χ4n) is 1.83. The average Bonchev–Trinajstić information content (AvgIpc) is 2.46. The van der Waals surface area contributed by atoms with Gasteiger partial charge < -0.3 is 14.4 Å². The molecular weight excluding hydrogens is 250 g/mol. The zero-order valence-electron chi connectivity index (χ0n) is 10.8. The summed E-state index contributed by atoms with van der Waals surface area (Å²) < 4.78 is 9.89. The number of esters is 1. The molecule has 1 unspecified atom stereocenters. The first-order valence-corrected chi connectivity index (χ1v) is 5.88. The van der Waals surface area contributed by atoms with Crippen LogP contribution in [0, 0.1) is 6.92 Å². The van der Waals surface area contributed by atoms with Crippen molar-refractivity contribution >= 4 is 11.9 Å². The van der Waals surface area contributed by atoms with Crippen LogP contribution < -0.4 is 0 Å². The maximum atomic E-state index is 12.3.